The first-order chi connectivity index (χ1) is 15.3. The largest absolute Gasteiger partial charge is 0.493 e. The number of carbonyl (C=O) groups excluding carboxylic acids is 3. The summed E-state index contributed by atoms with van der Waals surface area (Å²) in [7, 11) is 1.41. The number of nitro groups is 1. The minimum Gasteiger partial charge on any atom is -0.493 e. The van der Waals surface area contributed by atoms with Crippen LogP contribution in [0, 0.1) is 10.1 Å². The number of para-hydroxylation sites is 1. The molecule has 10 heteroatoms. The fourth-order valence-electron chi connectivity index (χ4n) is 3.02. The molecule has 0 saturated carbocycles. The van der Waals surface area contributed by atoms with E-state index in [1.807, 2.05) is 0 Å². The van der Waals surface area contributed by atoms with Gasteiger partial charge in [-0.1, -0.05) is 24.3 Å². The maximum absolute atomic E-state index is 12.5. The molecule has 0 unspecified atom stereocenters. The van der Waals surface area contributed by atoms with Gasteiger partial charge in [-0.05, 0) is 29.8 Å². The minimum absolute atomic E-state index is 0.0446. The summed E-state index contributed by atoms with van der Waals surface area (Å²) in [6.45, 7) is 3.39. The van der Waals surface area contributed by atoms with E-state index >= 15 is 0 Å². The van der Waals surface area contributed by atoms with Crippen molar-refractivity contribution in [3.8, 4) is 11.5 Å². The molecule has 3 rings (SSSR count). The maximum Gasteiger partial charge on any atom is 0.331 e. The number of rotatable bonds is 8. The van der Waals surface area contributed by atoms with Gasteiger partial charge in [0.1, 0.15) is 12.2 Å². The minimum atomic E-state index is -0.812. The quantitative estimate of drug-likeness (QED) is 0.221. The first kappa shape index (κ1) is 22.2. The topological polar surface area (TPSA) is 128 Å². The van der Waals surface area contributed by atoms with Crippen molar-refractivity contribution < 1.29 is 28.8 Å². The van der Waals surface area contributed by atoms with Crippen molar-refractivity contribution in [1.82, 2.24) is 10.2 Å². The van der Waals surface area contributed by atoms with Crippen molar-refractivity contribution in [2.24, 2.45) is 0 Å². The number of nitrogens with zero attached hydrogens (tertiary/aromatic N) is 2. The number of carbonyl (C=O) groups is 3. The van der Waals surface area contributed by atoms with E-state index in [1.165, 1.54) is 31.4 Å². The second-order valence-corrected chi connectivity index (χ2v) is 6.61. The van der Waals surface area contributed by atoms with Gasteiger partial charge < -0.3 is 9.47 Å². The molecule has 2 aromatic rings. The maximum atomic E-state index is 12.5. The van der Waals surface area contributed by atoms with Crippen LogP contribution in [-0.4, -0.2) is 41.3 Å². The summed E-state index contributed by atoms with van der Waals surface area (Å²) >= 11 is 0. The Morgan fingerprint density at radius 2 is 1.91 bits per heavy atom. The second kappa shape index (κ2) is 9.56. The predicted octanol–water partition coefficient (Wildman–Crippen LogP) is 2.83. The van der Waals surface area contributed by atoms with Crippen molar-refractivity contribution in [2.45, 2.75) is 6.61 Å². The third-order valence-electron chi connectivity index (χ3n) is 4.57. The number of amides is 4. The molecule has 4 amide bonds. The van der Waals surface area contributed by atoms with Gasteiger partial charge in [0.2, 0.25) is 0 Å². The lowest BCUT2D eigenvalue weighted by atomic mass is 10.1. The highest BCUT2D eigenvalue weighted by Gasteiger charge is 2.34. The molecule has 0 spiro atoms. The first-order valence-electron chi connectivity index (χ1n) is 9.38. The first-order valence-corrected chi connectivity index (χ1v) is 9.38. The van der Waals surface area contributed by atoms with E-state index in [4.69, 9.17) is 9.47 Å². The Morgan fingerprint density at radius 3 is 2.59 bits per heavy atom. The van der Waals surface area contributed by atoms with Gasteiger partial charge in [0, 0.05) is 12.6 Å². The van der Waals surface area contributed by atoms with Gasteiger partial charge in [0.25, 0.3) is 17.5 Å². The summed E-state index contributed by atoms with van der Waals surface area (Å²) < 4.78 is 11.0. The molecule has 2 aromatic carbocycles. The molecule has 0 aliphatic carbocycles. The summed E-state index contributed by atoms with van der Waals surface area (Å²) in [4.78, 5) is 48.0. The van der Waals surface area contributed by atoms with E-state index in [0.29, 0.717) is 22.6 Å². The summed E-state index contributed by atoms with van der Waals surface area (Å²) in [5, 5.41) is 13.3. The van der Waals surface area contributed by atoms with Crippen LogP contribution in [-0.2, 0) is 16.2 Å². The Bertz CT molecular complexity index is 1140. The highest BCUT2D eigenvalue weighted by atomic mass is 16.6. The number of nitrogens with one attached hydrogen (secondary N) is 1. The molecule has 1 fully saturated rings. The van der Waals surface area contributed by atoms with Crippen LogP contribution in [0.15, 0.2) is 60.7 Å². The van der Waals surface area contributed by atoms with Gasteiger partial charge in [0.05, 0.1) is 17.6 Å². The number of barbiturate groups is 1. The van der Waals surface area contributed by atoms with E-state index in [0.717, 1.165) is 4.90 Å². The van der Waals surface area contributed by atoms with E-state index < -0.39 is 22.8 Å². The number of methoxy groups -OCH3 is 1. The molecule has 0 radical (unpaired) electrons. The van der Waals surface area contributed by atoms with Gasteiger partial charge in [-0.25, -0.2) is 4.79 Å². The van der Waals surface area contributed by atoms with E-state index in [9.17, 15) is 24.5 Å². The Balaban J connectivity index is 1.84. The third kappa shape index (κ3) is 4.64. The van der Waals surface area contributed by atoms with Crippen LogP contribution < -0.4 is 14.8 Å². The molecular formula is C22H19N3O7. The summed E-state index contributed by atoms with van der Waals surface area (Å²) in [6, 6.07) is 10.1. The average molecular weight is 437 g/mol. The molecule has 0 bridgehead atoms. The molecule has 1 N–H and O–H groups in total. The molecule has 164 valence electrons. The van der Waals surface area contributed by atoms with Crippen LogP contribution >= 0.6 is 0 Å². The number of urea groups is 1. The molecule has 0 aromatic heterocycles. The molecule has 10 nitrogen and oxygen atoms in total. The molecule has 1 heterocycles. The Hall–Kier alpha value is -4.47. The average Bonchev–Trinajstić information content (AvgIpc) is 2.78. The highest BCUT2D eigenvalue weighted by Crippen LogP contribution is 2.31. The normalized spacial score (nSPS) is 14.8. The number of imide groups is 2. The fraction of sp³-hybridized carbons (Fsp3) is 0.136. The molecule has 1 aliphatic heterocycles. The van der Waals surface area contributed by atoms with Crippen LogP contribution in [0.1, 0.15) is 11.1 Å². The molecule has 1 aliphatic rings. The lowest BCUT2D eigenvalue weighted by Gasteiger charge is -2.25. The van der Waals surface area contributed by atoms with Crippen LogP contribution in [0.5, 0.6) is 11.5 Å². The van der Waals surface area contributed by atoms with E-state index in [-0.39, 0.29) is 24.4 Å². The lowest BCUT2D eigenvalue weighted by molar-refractivity contribution is -0.385. The Kier molecular flexibility index (Phi) is 6.64. The smallest absolute Gasteiger partial charge is 0.331 e. The van der Waals surface area contributed by atoms with Crippen molar-refractivity contribution in [3.05, 3.63) is 81.9 Å². The van der Waals surface area contributed by atoms with Crippen molar-refractivity contribution in [3.63, 3.8) is 0 Å². The van der Waals surface area contributed by atoms with E-state index in [2.05, 4.69) is 11.9 Å². The zero-order valence-electron chi connectivity index (χ0n) is 17.1. The standard InChI is InChI=1S/C22H19N3O7/c1-3-10-24-21(27)16(20(26)23-22(24)28)11-14-8-9-18(19(12-14)31-2)32-13-15-6-4-5-7-17(15)25(29)30/h3-9,11-12H,1,10,13H2,2H3,(H,23,26,28)/b16-11-. The monoisotopic (exact) mass is 437 g/mol. The molecule has 0 atom stereocenters. The molecule has 32 heavy (non-hydrogen) atoms. The highest BCUT2D eigenvalue weighted by molar-refractivity contribution is 6.31. The van der Waals surface area contributed by atoms with Gasteiger partial charge in [-0.15, -0.1) is 6.58 Å². The SMILES string of the molecule is C=CCN1C(=O)NC(=O)/C(=C/c2ccc(OCc3ccccc3[N+](=O)[O-])c(OC)c2)C1=O. The molecular weight excluding hydrogens is 418 g/mol. The van der Waals surface area contributed by atoms with Gasteiger partial charge in [-0.3, -0.25) is 29.9 Å². The van der Waals surface area contributed by atoms with Crippen LogP contribution in [0.3, 0.4) is 0 Å². The van der Waals surface area contributed by atoms with Crippen LogP contribution in [0.2, 0.25) is 0 Å². The number of hydrogen-bond donors (Lipinski definition) is 1. The fourth-order valence-corrected chi connectivity index (χ4v) is 3.02. The lowest BCUT2D eigenvalue weighted by Crippen LogP contribution is -2.54. The summed E-state index contributed by atoms with van der Waals surface area (Å²) in [6.07, 6.45) is 2.70. The zero-order valence-corrected chi connectivity index (χ0v) is 17.1. The number of nitro benzene ring substituents is 1. The Morgan fingerprint density at radius 1 is 1.16 bits per heavy atom. The van der Waals surface area contributed by atoms with Gasteiger partial charge >= 0.3 is 6.03 Å². The Labute approximate surface area is 182 Å². The van der Waals surface area contributed by atoms with Gasteiger partial charge in [-0.2, -0.15) is 0 Å². The van der Waals surface area contributed by atoms with Crippen LogP contribution in [0.4, 0.5) is 10.5 Å². The van der Waals surface area contributed by atoms with Crippen LogP contribution in [0.25, 0.3) is 6.08 Å². The second-order valence-electron chi connectivity index (χ2n) is 6.61. The summed E-state index contributed by atoms with van der Waals surface area (Å²) in [5.74, 6) is -0.943. The van der Waals surface area contributed by atoms with E-state index in [1.54, 1.807) is 30.3 Å². The van der Waals surface area contributed by atoms with Crippen molar-refractivity contribution in [2.75, 3.05) is 13.7 Å². The number of ether oxygens (including phenoxy) is 2. The summed E-state index contributed by atoms with van der Waals surface area (Å²) in [5.41, 5.74) is 0.559. The zero-order chi connectivity index (χ0) is 23.3. The van der Waals surface area contributed by atoms with Gasteiger partial charge in [0.15, 0.2) is 11.5 Å². The molecule has 1 saturated heterocycles. The number of benzene rings is 2. The van der Waals surface area contributed by atoms with Crippen molar-refractivity contribution in [1.29, 1.82) is 0 Å². The third-order valence-corrected chi connectivity index (χ3v) is 4.57. The predicted molar refractivity (Wildman–Crippen MR) is 114 cm³/mol. The number of hydrogen-bond acceptors (Lipinski definition) is 7. The van der Waals surface area contributed by atoms with Crippen molar-refractivity contribution >= 4 is 29.6 Å².